The molecule has 2 nitrogen and oxygen atoms in total. The molecule has 3 aromatic carbocycles. The molecule has 0 aromatic heterocycles. The quantitative estimate of drug-likeness (QED) is 0.131. The molecule has 1 saturated carbocycles. The van der Waals surface area contributed by atoms with E-state index in [9.17, 15) is 8.78 Å². The van der Waals surface area contributed by atoms with Gasteiger partial charge in [-0.1, -0.05) is 74.0 Å². The van der Waals surface area contributed by atoms with Crippen LogP contribution in [0.4, 0.5) is 13.2 Å². The number of unbranched alkanes of at least 4 members (excludes halogenated alkanes) is 1. The molecule has 0 aliphatic heterocycles. The van der Waals surface area contributed by atoms with Gasteiger partial charge in [-0.2, -0.15) is 0 Å². The average Bonchev–Trinajstić information content (AvgIpc) is 2.96. The van der Waals surface area contributed by atoms with E-state index in [0.717, 1.165) is 61.8 Å². The van der Waals surface area contributed by atoms with Gasteiger partial charge in [0.15, 0.2) is 23.2 Å². The molecule has 0 spiro atoms. The van der Waals surface area contributed by atoms with Crippen LogP contribution in [-0.4, -0.2) is 19.3 Å². The first-order valence-corrected chi connectivity index (χ1v) is 13.9. The summed E-state index contributed by atoms with van der Waals surface area (Å²) < 4.78 is 55.7. The van der Waals surface area contributed by atoms with Crippen molar-refractivity contribution < 1.29 is 22.6 Å². The second kappa shape index (κ2) is 14.2. The molecule has 5 heteroatoms. The highest BCUT2D eigenvalue weighted by Crippen LogP contribution is 2.36. The molecule has 0 saturated heterocycles. The lowest BCUT2D eigenvalue weighted by Gasteiger charge is -2.29. The summed E-state index contributed by atoms with van der Waals surface area (Å²) >= 11 is 0. The summed E-state index contributed by atoms with van der Waals surface area (Å²) in [6.07, 6.45) is 11.5. The summed E-state index contributed by atoms with van der Waals surface area (Å²) in [6.45, 7) is 6.92. The van der Waals surface area contributed by atoms with Crippen molar-refractivity contribution in [3.05, 3.63) is 101 Å². The largest absolute Gasteiger partial charge is 0.490 e. The molecule has 206 valence electrons. The molecule has 0 N–H and O–H groups in total. The van der Waals surface area contributed by atoms with Gasteiger partial charge in [0.25, 0.3) is 0 Å². The van der Waals surface area contributed by atoms with Gasteiger partial charge in [-0.15, -0.1) is 6.58 Å². The minimum atomic E-state index is -0.812. The molecule has 39 heavy (non-hydrogen) atoms. The van der Waals surface area contributed by atoms with Crippen molar-refractivity contribution in [2.24, 2.45) is 0 Å². The summed E-state index contributed by atoms with van der Waals surface area (Å²) in [5, 5.41) is 0. The molecule has 3 aromatic rings. The maximum Gasteiger partial charge on any atom is 0.166 e. The standard InChI is InChI=1S/C34H37F3O2/c1-3-5-21-38-29-17-13-26(14-18-29)30-19-15-27(33(36)34(30)37)12-9-24-7-10-25(11-8-24)28-16-20-32(31(35)23-28)39-22-6-4-2/h4,7-12,15-16,19-20,23,26,29H,2-3,5-6,13-14,17-18,21-22H2,1H3/b12-9+. The number of hydrogen-bond donors (Lipinski definition) is 0. The number of rotatable bonds is 12. The minimum Gasteiger partial charge on any atom is -0.490 e. The number of halogens is 3. The number of ether oxygens (including phenoxy) is 2. The smallest absolute Gasteiger partial charge is 0.166 e. The Hall–Kier alpha value is -3.31. The third-order valence-electron chi connectivity index (χ3n) is 7.32. The molecule has 4 rings (SSSR count). The monoisotopic (exact) mass is 534 g/mol. The molecule has 1 aliphatic rings. The fourth-order valence-corrected chi connectivity index (χ4v) is 4.98. The third kappa shape index (κ3) is 7.63. The van der Waals surface area contributed by atoms with Crippen LogP contribution >= 0.6 is 0 Å². The molecule has 0 heterocycles. The van der Waals surface area contributed by atoms with Gasteiger partial charge >= 0.3 is 0 Å². The Bertz CT molecular complexity index is 1260. The van der Waals surface area contributed by atoms with E-state index in [4.69, 9.17) is 9.47 Å². The van der Waals surface area contributed by atoms with E-state index < -0.39 is 17.5 Å². The van der Waals surface area contributed by atoms with E-state index in [1.165, 1.54) is 6.07 Å². The number of benzene rings is 3. The first-order valence-electron chi connectivity index (χ1n) is 13.9. The van der Waals surface area contributed by atoms with Crippen LogP contribution in [0.25, 0.3) is 23.3 Å². The van der Waals surface area contributed by atoms with Crippen LogP contribution in [-0.2, 0) is 4.74 Å². The summed E-state index contributed by atoms with van der Waals surface area (Å²) in [4.78, 5) is 0. The van der Waals surface area contributed by atoms with Crippen LogP contribution < -0.4 is 4.74 Å². The minimum absolute atomic E-state index is 0.0220. The molecular weight excluding hydrogens is 497 g/mol. The van der Waals surface area contributed by atoms with E-state index in [-0.39, 0.29) is 23.3 Å². The maximum absolute atomic E-state index is 15.0. The van der Waals surface area contributed by atoms with Gasteiger partial charge in [0, 0.05) is 12.2 Å². The van der Waals surface area contributed by atoms with Crippen molar-refractivity contribution in [3.8, 4) is 16.9 Å². The Balaban J connectivity index is 1.38. The Morgan fingerprint density at radius 2 is 1.59 bits per heavy atom. The van der Waals surface area contributed by atoms with Crippen molar-refractivity contribution in [2.75, 3.05) is 13.2 Å². The molecule has 0 radical (unpaired) electrons. The van der Waals surface area contributed by atoms with Crippen molar-refractivity contribution in [1.82, 2.24) is 0 Å². The molecule has 1 aliphatic carbocycles. The number of hydrogen-bond acceptors (Lipinski definition) is 2. The highest BCUT2D eigenvalue weighted by Gasteiger charge is 2.26. The molecule has 0 bridgehead atoms. The molecule has 0 atom stereocenters. The summed E-state index contributed by atoms with van der Waals surface area (Å²) in [5.41, 5.74) is 3.07. The Morgan fingerprint density at radius 3 is 2.28 bits per heavy atom. The van der Waals surface area contributed by atoms with Crippen LogP contribution in [0.1, 0.15) is 74.5 Å². The molecule has 0 unspecified atom stereocenters. The first-order chi connectivity index (χ1) is 19.0. The molecular formula is C34H37F3O2. The van der Waals surface area contributed by atoms with E-state index in [2.05, 4.69) is 13.5 Å². The van der Waals surface area contributed by atoms with Crippen LogP contribution in [0.2, 0.25) is 0 Å². The van der Waals surface area contributed by atoms with Crippen LogP contribution in [0, 0.1) is 17.5 Å². The van der Waals surface area contributed by atoms with Gasteiger partial charge in [0.2, 0.25) is 0 Å². The summed E-state index contributed by atoms with van der Waals surface area (Å²) in [6, 6.07) is 15.7. The average molecular weight is 535 g/mol. The van der Waals surface area contributed by atoms with Crippen LogP contribution in [0.15, 0.2) is 67.3 Å². The fourth-order valence-electron chi connectivity index (χ4n) is 4.98. The summed E-state index contributed by atoms with van der Waals surface area (Å²) in [7, 11) is 0. The fraction of sp³-hybridized carbons (Fsp3) is 0.353. The predicted molar refractivity (Wildman–Crippen MR) is 153 cm³/mol. The Labute approximate surface area is 230 Å². The lowest BCUT2D eigenvalue weighted by Crippen LogP contribution is -2.22. The SMILES string of the molecule is C=CCCOc1ccc(-c2ccc(/C=C/c3ccc(C4CCC(OCCCC)CC4)c(F)c3F)cc2)cc1F. The predicted octanol–water partition coefficient (Wildman–Crippen LogP) is 9.74. The van der Waals surface area contributed by atoms with E-state index >= 15 is 4.39 Å². The van der Waals surface area contributed by atoms with Gasteiger partial charge < -0.3 is 9.47 Å². The Kier molecular flexibility index (Phi) is 10.4. The Morgan fingerprint density at radius 1 is 0.846 bits per heavy atom. The van der Waals surface area contributed by atoms with E-state index in [1.807, 2.05) is 30.3 Å². The van der Waals surface area contributed by atoms with Crippen molar-refractivity contribution in [3.63, 3.8) is 0 Å². The van der Waals surface area contributed by atoms with Crippen molar-refractivity contribution >= 4 is 12.2 Å². The van der Waals surface area contributed by atoms with Gasteiger partial charge in [0.05, 0.1) is 12.7 Å². The lowest BCUT2D eigenvalue weighted by atomic mass is 9.82. The molecule has 1 fully saturated rings. The van der Waals surface area contributed by atoms with Crippen molar-refractivity contribution in [1.29, 1.82) is 0 Å². The lowest BCUT2D eigenvalue weighted by molar-refractivity contribution is 0.0230. The second-order valence-corrected chi connectivity index (χ2v) is 10.1. The van der Waals surface area contributed by atoms with Gasteiger partial charge in [-0.25, -0.2) is 13.2 Å². The van der Waals surface area contributed by atoms with E-state index in [1.54, 1.807) is 36.4 Å². The van der Waals surface area contributed by atoms with Gasteiger partial charge in [0.1, 0.15) is 0 Å². The first kappa shape index (κ1) is 28.7. The highest BCUT2D eigenvalue weighted by molar-refractivity contribution is 5.72. The maximum atomic E-state index is 15.0. The zero-order valence-corrected chi connectivity index (χ0v) is 22.6. The normalized spacial score (nSPS) is 17.4. The molecule has 0 amide bonds. The zero-order valence-electron chi connectivity index (χ0n) is 22.6. The van der Waals surface area contributed by atoms with Gasteiger partial charge in [-0.05, 0) is 78.8 Å². The van der Waals surface area contributed by atoms with Crippen LogP contribution in [0.5, 0.6) is 5.75 Å². The van der Waals surface area contributed by atoms with E-state index in [0.29, 0.717) is 18.6 Å². The third-order valence-corrected chi connectivity index (χ3v) is 7.32. The topological polar surface area (TPSA) is 18.5 Å². The zero-order chi connectivity index (χ0) is 27.6. The second-order valence-electron chi connectivity index (χ2n) is 10.1. The van der Waals surface area contributed by atoms with Crippen LogP contribution in [0.3, 0.4) is 0 Å². The highest BCUT2D eigenvalue weighted by atomic mass is 19.2. The van der Waals surface area contributed by atoms with Crippen molar-refractivity contribution in [2.45, 2.75) is 63.9 Å². The van der Waals surface area contributed by atoms with Gasteiger partial charge in [-0.3, -0.25) is 0 Å². The summed E-state index contributed by atoms with van der Waals surface area (Å²) in [5.74, 6) is -1.75.